The van der Waals surface area contributed by atoms with Gasteiger partial charge >= 0.3 is 0 Å². The number of nitrogens with zero attached hydrogens (tertiary/aromatic N) is 3. The summed E-state index contributed by atoms with van der Waals surface area (Å²) in [6.07, 6.45) is 1.08. The number of nitrogens with two attached hydrogens (primary N) is 1. The molecule has 0 atom stereocenters. The van der Waals surface area contributed by atoms with Crippen molar-refractivity contribution in [3.63, 3.8) is 0 Å². The van der Waals surface area contributed by atoms with Crippen LogP contribution in [0.25, 0.3) is 5.69 Å². The Kier molecular flexibility index (Phi) is 5.93. The van der Waals surface area contributed by atoms with Crippen LogP contribution < -0.4 is 11.1 Å². The Morgan fingerprint density at radius 2 is 1.97 bits per heavy atom. The van der Waals surface area contributed by atoms with E-state index in [9.17, 15) is 14.4 Å². The van der Waals surface area contributed by atoms with Crippen LogP contribution in [0.5, 0.6) is 0 Å². The lowest BCUT2D eigenvalue weighted by molar-refractivity contribution is 0.0952. The highest BCUT2D eigenvalue weighted by Crippen LogP contribution is 2.21. The summed E-state index contributed by atoms with van der Waals surface area (Å²) in [5.74, 6) is -0.271. The molecule has 0 bridgehead atoms. The van der Waals surface area contributed by atoms with Crippen molar-refractivity contribution in [2.24, 2.45) is 0 Å². The zero-order valence-corrected chi connectivity index (χ0v) is 16.4. The van der Waals surface area contributed by atoms with Crippen LogP contribution in [-0.4, -0.2) is 22.2 Å². The highest BCUT2D eigenvalue weighted by molar-refractivity contribution is 5.95. The molecule has 0 unspecified atom stereocenters. The van der Waals surface area contributed by atoms with Gasteiger partial charge in [0.15, 0.2) is 0 Å². The fraction of sp³-hybridized carbons (Fsp3) is 0.227. The number of anilines is 1. The van der Waals surface area contributed by atoms with Crippen molar-refractivity contribution in [1.29, 1.82) is 5.26 Å². The minimum absolute atomic E-state index is 0.126. The molecule has 0 saturated heterocycles. The molecule has 1 aromatic heterocycles. The average Bonchev–Trinajstić information content (AvgIpc) is 3.01. The van der Waals surface area contributed by atoms with E-state index in [1.54, 1.807) is 12.1 Å². The molecular formula is C22H22FN5O. The van der Waals surface area contributed by atoms with Gasteiger partial charge in [-0.15, -0.1) is 0 Å². The maximum Gasteiger partial charge on any atom is 0.251 e. The number of aryl methyl sites for hydroxylation is 3. The fourth-order valence-electron chi connectivity index (χ4n) is 3.18. The number of carbonyl (C=O) groups excluding carboxylic acids is 1. The third-order valence-electron chi connectivity index (χ3n) is 4.68. The summed E-state index contributed by atoms with van der Waals surface area (Å²) in [4.78, 5) is 12.3. The quantitative estimate of drug-likeness (QED) is 0.629. The average molecular weight is 391 g/mol. The van der Waals surface area contributed by atoms with E-state index in [-0.39, 0.29) is 17.5 Å². The van der Waals surface area contributed by atoms with E-state index in [2.05, 4.69) is 16.5 Å². The normalized spacial score (nSPS) is 10.6. The second-order valence-electron chi connectivity index (χ2n) is 6.88. The molecular weight excluding hydrogens is 369 g/mol. The Hall–Kier alpha value is -3.66. The molecule has 3 rings (SSSR count). The van der Waals surface area contributed by atoms with E-state index in [4.69, 9.17) is 5.73 Å². The molecule has 0 aliphatic carbocycles. The molecule has 0 radical (unpaired) electrons. The number of amides is 1. The number of aromatic nitrogens is 2. The van der Waals surface area contributed by atoms with Crippen LogP contribution in [-0.2, 0) is 6.42 Å². The molecule has 0 aliphatic heterocycles. The molecule has 1 heterocycles. The summed E-state index contributed by atoms with van der Waals surface area (Å²) in [6, 6.07) is 13.5. The summed E-state index contributed by atoms with van der Waals surface area (Å²) in [5, 5.41) is 16.7. The predicted molar refractivity (Wildman–Crippen MR) is 109 cm³/mol. The van der Waals surface area contributed by atoms with E-state index in [0.717, 1.165) is 11.1 Å². The lowest BCUT2D eigenvalue weighted by Gasteiger charge is -2.08. The van der Waals surface area contributed by atoms with Crippen molar-refractivity contribution in [3.05, 3.63) is 76.2 Å². The molecule has 2 aromatic carbocycles. The van der Waals surface area contributed by atoms with Crippen LogP contribution in [0, 0.1) is 31.0 Å². The third-order valence-corrected chi connectivity index (χ3v) is 4.68. The number of hydrogen-bond donors (Lipinski definition) is 2. The van der Waals surface area contributed by atoms with Crippen LogP contribution in [0.4, 0.5) is 10.2 Å². The van der Waals surface area contributed by atoms with Crippen LogP contribution in [0.2, 0.25) is 0 Å². The highest BCUT2D eigenvalue weighted by Gasteiger charge is 2.16. The molecule has 7 heteroatoms. The van der Waals surface area contributed by atoms with Crippen LogP contribution in [0.15, 0.2) is 42.5 Å². The first-order valence-corrected chi connectivity index (χ1v) is 9.29. The number of halogens is 1. The lowest BCUT2D eigenvalue weighted by Crippen LogP contribution is -2.25. The molecule has 0 saturated carbocycles. The number of nitrogen functional groups attached to an aromatic ring is 1. The second-order valence-corrected chi connectivity index (χ2v) is 6.88. The summed E-state index contributed by atoms with van der Waals surface area (Å²) in [7, 11) is 0. The van der Waals surface area contributed by atoms with Crippen molar-refractivity contribution >= 4 is 11.7 Å². The van der Waals surface area contributed by atoms with Crippen LogP contribution in [0.1, 0.15) is 39.2 Å². The second kappa shape index (κ2) is 8.57. The SMILES string of the molecule is Cc1ccc(C(=O)NCCCc2nn(-c3ccc(F)cc3)c(N)c2C#N)c(C)c1. The van der Waals surface area contributed by atoms with E-state index >= 15 is 0 Å². The fourth-order valence-corrected chi connectivity index (χ4v) is 3.18. The number of rotatable bonds is 6. The number of nitrogens with one attached hydrogen (secondary N) is 1. The number of carbonyl (C=O) groups is 1. The molecule has 148 valence electrons. The predicted octanol–water partition coefficient (Wildman–Crippen LogP) is 3.44. The van der Waals surface area contributed by atoms with Crippen LogP contribution in [0.3, 0.4) is 0 Å². The Morgan fingerprint density at radius 3 is 2.62 bits per heavy atom. The molecule has 1 amide bonds. The Balaban J connectivity index is 1.65. The van der Waals surface area contributed by atoms with Gasteiger partial charge in [-0.3, -0.25) is 4.79 Å². The maximum atomic E-state index is 13.1. The van der Waals surface area contributed by atoms with Crippen molar-refractivity contribution in [3.8, 4) is 11.8 Å². The van der Waals surface area contributed by atoms with Gasteiger partial charge in [-0.25, -0.2) is 9.07 Å². The van der Waals surface area contributed by atoms with Gasteiger partial charge in [-0.05, 0) is 62.6 Å². The van der Waals surface area contributed by atoms with Gasteiger partial charge < -0.3 is 11.1 Å². The Morgan fingerprint density at radius 1 is 1.24 bits per heavy atom. The molecule has 0 aliphatic rings. The van der Waals surface area contributed by atoms with E-state index < -0.39 is 0 Å². The van der Waals surface area contributed by atoms with Crippen molar-refractivity contribution < 1.29 is 9.18 Å². The van der Waals surface area contributed by atoms with Gasteiger partial charge in [0.2, 0.25) is 0 Å². The van der Waals surface area contributed by atoms with Crippen LogP contribution >= 0.6 is 0 Å². The van der Waals surface area contributed by atoms with E-state index in [0.29, 0.717) is 41.9 Å². The molecule has 0 fully saturated rings. The van der Waals surface area contributed by atoms with Crippen molar-refractivity contribution in [2.75, 3.05) is 12.3 Å². The Labute approximate surface area is 168 Å². The zero-order valence-electron chi connectivity index (χ0n) is 16.4. The Bertz CT molecular complexity index is 1080. The molecule has 3 N–H and O–H groups in total. The van der Waals surface area contributed by atoms with Gasteiger partial charge in [0.1, 0.15) is 23.3 Å². The topological polar surface area (TPSA) is 96.7 Å². The van der Waals surface area contributed by atoms with Gasteiger partial charge in [0.25, 0.3) is 5.91 Å². The van der Waals surface area contributed by atoms with E-state index in [1.165, 1.54) is 16.8 Å². The van der Waals surface area contributed by atoms with Gasteiger partial charge in [0, 0.05) is 12.1 Å². The zero-order chi connectivity index (χ0) is 21.0. The molecule has 0 spiro atoms. The largest absolute Gasteiger partial charge is 0.382 e. The molecule has 29 heavy (non-hydrogen) atoms. The first-order chi connectivity index (χ1) is 13.9. The minimum atomic E-state index is -0.361. The van der Waals surface area contributed by atoms with Gasteiger partial charge in [-0.2, -0.15) is 10.4 Å². The minimum Gasteiger partial charge on any atom is -0.382 e. The van der Waals surface area contributed by atoms with Gasteiger partial charge in [0.05, 0.1) is 11.4 Å². The van der Waals surface area contributed by atoms with Crippen molar-refractivity contribution in [1.82, 2.24) is 15.1 Å². The van der Waals surface area contributed by atoms with E-state index in [1.807, 2.05) is 32.0 Å². The maximum absolute atomic E-state index is 13.1. The standard InChI is InChI=1S/C22H22FN5O/c1-14-5-10-18(15(2)12-14)22(29)26-11-3-4-20-19(13-24)21(25)28(27-20)17-8-6-16(23)7-9-17/h5-10,12H,3-4,11,25H2,1-2H3,(H,26,29). The molecule has 3 aromatic rings. The summed E-state index contributed by atoms with van der Waals surface area (Å²) < 4.78 is 14.6. The first kappa shape index (κ1) is 20.1. The number of hydrogen-bond acceptors (Lipinski definition) is 4. The summed E-state index contributed by atoms with van der Waals surface area (Å²) in [5.41, 5.74) is 10.2. The lowest BCUT2D eigenvalue weighted by atomic mass is 10.1. The van der Waals surface area contributed by atoms with Gasteiger partial charge in [-0.1, -0.05) is 17.7 Å². The monoisotopic (exact) mass is 391 g/mol. The smallest absolute Gasteiger partial charge is 0.251 e. The molecule has 6 nitrogen and oxygen atoms in total. The highest BCUT2D eigenvalue weighted by atomic mass is 19.1. The number of benzene rings is 2. The number of nitriles is 1. The third kappa shape index (κ3) is 4.43. The summed E-state index contributed by atoms with van der Waals surface area (Å²) >= 11 is 0. The first-order valence-electron chi connectivity index (χ1n) is 9.29. The van der Waals surface area contributed by atoms with Crippen molar-refractivity contribution in [2.45, 2.75) is 26.7 Å². The summed E-state index contributed by atoms with van der Waals surface area (Å²) in [6.45, 7) is 4.34.